The van der Waals surface area contributed by atoms with E-state index in [0.717, 1.165) is 69.2 Å². The third-order valence-electron chi connectivity index (χ3n) is 7.56. The number of ether oxygens (including phenoxy) is 1. The van der Waals surface area contributed by atoms with E-state index >= 15 is 0 Å². The maximum Gasteiger partial charge on any atom is 0.242 e. The molecular formula is C27H36N6O3. The van der Waals surface area contributed by atoms with Crippen LogP contribution in [0, 0.1) is 5.92 Å². The van der Waals surface area contributed by atoms with Gasteiger partial charge in [-0.05, 0) is 25.0 Å². The van der Waals surface area contributed by atoms with Gasteiger partial charge in [-0.1, -0.05) is 36.8 Å². The standard InChI is InChI=1S/C27H36N6O3/c34-26(21-33(27(35)23-7-4-8-23)12-11-30-17-19-36-20-18-30)32-15-13-31(14-16-32)25-10-9-24(28-29-25)22-5-2-1-3-6-22/h1-3,5-6,9-10,23H,4,7-8,11-21H2. The van der Waals surface area contributed by atoms with Crippen LogP contribution in [0.2, 0.25) is 0 Å². The average Bonchev–Trinajstić information content (AvgIpc) is 2.91. The van der Waals surface area contributed by atoms with Crippen molar-refractivity contribution in [2.45, 2.75) is 19.3 Å². The third-order valence-corrected chi connectivity index (χ3v) is 7.56. The summed E-state index contributed by atoms with van der Waals surface area (Å²) in [6, 6.07) is 14.0. The van der Waals surface area contributed by atoms with E-state index in [1.807, 2.05) is 52.3 Å². The number of rotatable bonds is 8. The summed E-state index contributed by atoms with van der Waals surface area (Å²) in [5.41, 5.74) is 1.89. The van der Waals surface area contributed by atoms with Crippen LogP contribution in [-0.4, -0.2) is 109 Å². The van der Waals surface area contributed by atoms with Gasteiger partial charge in [0.25, 0.3) is 0 Å². The zero-order valence-corrected chi connectivity index (χ0v) is 20.9. The lowest BCUT2D eigenvalue weighted by molar-refractivity contribution is -0.145. The summed E-state index contributed by atoms with van der Waals surface area (Å²) in [5.74, 6) is 1.11. The molecule has 2 aliphatic heterocycles. The number of hydrogen-bond acceptors (Lipinski definition) is 7. The van der Waals surface area contributed by atoms with Gasteiger partial charge in [0.2, 0.25) is 11.8 Å². The summed E-state index contributed by atoms with van der Waals surface area (Å²) in [6.07, 6.45) is 3.01. The molecule has 2 amide bonds. The van der Waals surface area contributed by atoms with Gasteiger partial charge >= 0.3 is 0 Å². The molecule has 3 aliphatic rings. The molecule has 3 heterocycles. The second-order valence-electron chi connectivity index (χ2n) is 9.85. The highest BCUT2D eigenvalue weighted by Gasteiger charge is 2.32. The molecule has 0 bridgehead atoms. The molecule has 2 aromatic rings. The first-order valence-corrected chi connectivity index (χ1v) is 13.2. The van der Waals surface area contributed by atoms with Gasteiger partial charge in [0, 0.05) is 63.8 Å². The van der Waals surface area contributed by atoms with Gasteiger partial charge < -0.3 is 19.4 Å². The Bertz CT molecular complexity index is 1000. The summed E-state index contributed by atoms with van der Waals surface area (Å²) in [7, 11) is 0. The molecule has 1 aromatic carbocycles. The Kier molecular flexibility index (Phi) is 8.08. The van der Waals surface area contributed by atoms with E-state index < -0.39 is 0 Å². The van der Waals surface area contributed by atoms with Crippen molar-refractivity contribution in [1.82, 2.24) is 24.9 Å². The van der Waals surface area contributed by atoms with E-state index in [9.17, 15) is 9.59 Å². The molecule has 0 atom stereocenters. The van der Waals surface area contributed by atoms with Gasteiger partial charge in [0.05, 0.1) is 25.5 Å². The van der Waals surface area contributed by atoms with Crippen LogP contribution in [-0.2, 0) is 14.3 Å². The zero-order valence-electron chi connectivity index (χ0n) is 20.9. The van der Waals surface area contributed by atoms with Crippen LogP contribution in [0.1, 0.15) is 19.3 Å². The molecule has 9 nitrogen and oxygen atoms in total. The molecule has 1 aliphatic carbocycles. The monoisotopic (exact) mass is 492 g/mol. The van der Waals surface area contributed by atoms with Crippen LogP contribution in [0.15, 0.2) is 42.5 Å². The minimum atomic E-state index is 0.0369. The Labute approximate surface area is 213 Å². The number of hydrogen-bond donors (Lipinski definition) is 0. The van der Waals surface area contributed by atoms with Crippen LogP contribution >= 0.6 is 0 Å². The topological polar surface area (TPSA) is 82.1 Å². The number of piperazine rings is 1. The van der Waals surface area contributed by atoms with Crippen molar-refractivity contribution in [1.29, 1.82) is 0 Å². The lowest BCUT2D eigenvalue weighted by Crippen LogP contribution is -2.53. The smallest absolute Gasteiger partial charge is 0.242 e. The minimum absolute atomic E-state index is 0.0369. The molecule has 0 unspecified atom stereocenters. The first-order valence-electron chi connectivity index (χ1n) is 13.2. The van der Waals surface area contributed by atoms with E-state index in [0.29, 0.717) is 32.7 Å². The summed E-state index contributed by atoms with van der Waals surface area (Å²) in [6.45, 7) is 7.46. The minimum Gasteiger partial charge on any atom is -0.379 e. The number of nitrogens with zero attached hydrogens (tertiary/aromatic N) is 6. The average molecular weight is 493 g/mol. The molecule has 3 fully saturated rings. The van der Waals surface area contributed by atoms with E-state index in [1.54, 1.807) is 0 Å². The Morgan fingerprint density at radius 2 is 1.67 bits per heavy atom. The van der Waals surface area contributed by atoms with E-state index in [1.165, 1.54) is 0 Å². The fraction of sp³-hybridized carbons (Fsp3) is 0.556. The predicted molar refractivity (Wildman–Crippen MR) is 137 cm³/mol. The van der Waals surface area contributed by atoms with Crippen LogP contribution < -0.4 is 4.90 Å². The van der Waals surface area contributed by atoms with Crippen LogP contribution in [0.25, 0.3) is 11.3 Å². The first-order chi connectivity index (χ1) is 17.7. The second-order valence-corrected chi connectivity index (χ2v) is 9.85. The van der Waals surface area contributed by atoms with Gasteiger partial charge in [-0.3, -0.25) is 14.5 Å². The molecule has 5 rings (SSSR count). The number of aromatic nitrogens is 2. The Morgan fingerprint density at radius 1 is 0.917 bits per heavy atom. The highest BCUT2D eigenvalue weighted by Crippen LogP contribution is 2.28. The Balaban J connectivity index is 1.13. The SMILES string of the molecule is O=C(CN(CCN1CCOCC1)C(=O)C1CCC1)N1CCN(c2ccc(-c3ccccc3)nn2)CC1. The summed E-state index contributed by atoms with van der Waals surface area (Å²) >= 11 is 0. The summed E-state index contributed by atoms with van der Waals surface area (Å²) in [4.78, 5) is 34.4. The number of morpholine rings is 1. The third kappa shape index (κ3) is 6.02. The normalized spacial score (nSPS) is 19.1. The summed E-state index contributed by atoms with van der Waals surface area (Å²) < 4.78 is 5.43. The van der Waals surface area contributed by atoms with Gasteiger partial charge in [-0.25, -0.2) is 0 Å². The van der Waals surface area contributed by atoms with Crippen molar-refractivity contribution in [2.24, 2.45) is 5.92 Å². The molecular weight excluding hydrogens is 456 g/mol. The van der Waals surface area contributed by atoms with E-state index in [-0.39, 0.29) is 24.3 Å². The highest BCUT2D eigenvalue weighted by molar-refractivity contribution is 5.86. The van der Waals surface area contributed by atoms with Gasteiger partial charge in [-0.2, -0.15) is 0 Å². The van der Waals surface area contributed by atoms with Crippen LogP contribution in [0.3, 0.4) is 0 Å². The number of carbonyl (C=O) groups excluding carboxylic acids is 2. The van der Waals surface area contributed by atoms with Crippen molar-refractivity contribution in [3.63, 3.8) is 0 Å². The van der Waals surface area contributed by atoms with Crippen LogP contribution in [0.5, 0.6) is 0 Å². The molecule has 36 heavy (non-hydrogen) atoms. The van der Waals surface area contributed by atoms with E-state index in [4.69, 9.17) is 4.74 Å². The highest BCUT2D eigenvalue weighted by atomic mass is 16.5. The number of carbonyl (C=O) groups is 2. The Morgan fingerprint density at radius 3 is 2.31 bits per heavy atom. The van der Waals surface area contributed by atoms with Crippen molar-refractivity contribution in [3.8, 4) is 11.3 Å². The van der Waals surface area contributed by atoms with Gasteiger partial charge in [0.1, 0.15) is 0 Å². The van der Waals surface area contributed by atoms with Crippen molar-refractivity contribution in [2.75, 3.05) is 77.0 Å². The maximum absolute atomic E-state index is 13.2. The van der Waals surface area contributed by atoms with Crippen molar-refractivity contribution in [3.05, 3.63) is 42.5 Å². The summed E-state index contributed by atoms with van der Waals surface area (Å²) in [5, 5.41) is 8.83. The predicted octanol–water partition coefficient (Wildman–Crippen LogP) is 1.75. The number of amides is 2. The number of benzene rings is 1. The van der Waals surface area contributed by atoms with Gasteiger partial charge in [-0.15, -0.1) is 10.2 Å². The fourth-order valence-corrected chi connectivity index (χ4v) is 4.97. The maximum atomic E-state index is 13.2. The molecule has 0 radical (unpaired) electrons. The molecule has 2 saturated heterocycles. The first kappa shape index (κ1) is 24.6. The molecule has 9 heteroatoms. The largest absolute Gasteiger partial charge is 0.379 e. The molecule has 0 N–H and O–H groups in total. The molecule has 192 valence electrons. The van der Waals surface area contributed by atoms with Crippen LogP contribution in [0.4, 0.5) is 5.82 Å². The van der Waals surface area contributed by atoms with E-state index in [2.05, 4.69) is 20.0 Å². The molecule has 1 aromatic heterocycles. The molecule has 0 spiro atoms. The van der Waals surface area contributed by atoms with Crippen molar-refractivity contribution < 1.29 is 14.3 Å². The molecule has 1 saturated carbocycles. The zero-order chi connectivity index (χ0) is 24.7. The second kappa shape index (κ2) is 11.8. The van der Waals surface area contributed by atoms with Crippen molar-refractivity contribution >= 4 is 17.6 Å². The lowest BCUT2D eigenvalue weighted by atomic mass is 9.84. The fourth-order valence-electron chi connectivity index (χ4n) is 4.97. The quantitative estimate of drug-likeness (QED) is 0.555. The Hall–Kier alpha value is -3.04. The van der Waals surface area contributed by atoms with Gasteiger partial charge in [0.15, 0.2) is 5.82 Å². The lowest BCUT2D eigenvalue weighted by Gasteiger charge is -2.38. The number of anilines is 1.